The molecule has 0 aliphatic rings. The van der Waals surface area contributed by atoms with Crippen LogP contribution in [0.3, 0.4) is 0 Å². The molecular formula is C15H14N2O7. The number of phenols is 2. The lowest BCUT2D eigenvalue weighted by molar-refractivity contribution is -0.123. The maximum absolute atomic E-state index is 11.7. The highest BCUT2D eigenvalue weighted by Gasteiger charge is 2.16. The number of rotatable bonds is 5. The fourth-order valence-corrected chi connectivity index (χ4v) is 1.69. The van der Waals surface area contributed by atoms with Gasteiger partial charge in [0.25, 0.3) is 5.91 Å². The fourth-order valence-electron chi connectivity index (χ4n) is 1.69. The van der Waals surface area contributed by atoms with Crippen LogP contribution in [-0.4, -0.2) is 34.7 Å². The second kappa shape index (κ2) is 7.68. The Bertz CT molecular complexity index is 740. The quantitative estimate of drug-likeness (QED) is 0.595. The van der Waals surface area contributed by atoms with Gasteiger partial charge in [0.1, 0.15) is 22.8 Å². The molecule has 0 unspecified atom stereocenters. The molecule has 2 aromatic rings. The Morgan fingerprint density at radius 3 is 2.62 bits per heavy atom. The van der Waals surface area contributed by atoms with Gasteiger partial charge in [0.15, 0.2) is 6.61 Å². The monoisotopic (exact) mass is 334 g/mol. The number of imide groups is 1. The van der Waals surface area contributed by atoms with Crippen LogP contribution in [0.1, 0.15) is 16.1 Å². The first-order chi connectivity index (χ1) is 11.5. The van der Waals surface area contributed by atoms with Crippen molar-refractivity contribution in [1.29, 1.82) is 0 Å². The maximum atomic E-state index is 11.7. The average Bonchev–Trinajstić information content (AvgIpc) is 3.04. The number of carbonyl (C=O) groups excluding carboxylic acids is 3. The van der Waals surface area contributed by atoms with Crippen molar-refractivity contribution in [2.45, 2.75) is 6.54 Å². The van der Waals surface area contributed by atoms with Crippen molar-refractivity contribution in [3.8, 4) is 11.5 Å². The van der Waals surface area contributed by atoms with Gasteiger partial charge in [-0.3, -0.25) is 10.1 Å². The van der Waals surface area contributed by atoms with Crippen molar-refractivity contribution in [2.24, 2.45) is 0 Å². The van der Waals surface area contributed by atoms with Gasteiger partial charge >= 0.3 is 12.0 Å². The Morgan fingerprint density at radius 1 is 1.17 bits per heavy atom. The molecule has 0 bridgehead atoms. The van der Waals surface area contributed by atoms with Gasteiger partial charge in [-0.25, -0.2) is 9.59 Å². The molecule has 0 spiro atoms. The first kappa shape index (κ1) is 16.9. The number of urea groups is 1. The van der Waals surface area contributed by atoms with Gasteiger partial charge in [0.2, 0.25) is 0 Å². The highest BCUT2D eigenvalue weighted by Crippen LogP contribution is 2.22. The molecule has 3 amide bonds. The molecule has 1 aromatic heterocycles. The number of furan rings is 1. The number of carbonyl (C=O) groups is 3. The van der Waals surface area contributed by atoms with E-state index in [0.29, 0.717) is 5.76 Å². The van der Waals surface area contributed by atoms with E-state index in [4.69, 9.17) is 9.52 Å². The fraction of sp³-hybridized carbons (Fsp3) is 0.133. The van der Waals surface area contributed by atoms with Crippen LogP contribution >= 0.6 is 0 Å². The molecule has 0 atom stereocenters. The predicted octanol–water partition coefficient (Wildman–Crippen LogP) is 0.874. The third-order valence-corrected chi connectivity index (χ3v) is 2.79. The van der Waals surface area contributed by atoms with E-state index in [9.17, 15) is 19.5 Å². The Hall–Kier alpha value is -3.49. The lowest BCUT2D eigenvalue weighted by Gasteiger charge is -2.07. The van der Waals surface area contributed by atoms with Crippen LogP contribution in [0.4, 0.5) is 4.79 Å². The van der Waals surface area contributed by atoms with Crippen LogP contribution in [0.25, 0.3) is 0 Å². The molecule has 0 saturated heterocycles. The highest BCUT2D eigenvalue weighted by molar-refractivity contribution is 5.97. The molecule has 0 saturated carbocycles. The second-order valence-electron chi connectivity index (χ2n) is 4.59. The van der Waals surface area contributed by atoms with Gasteiger partial charge in [0, 0.05) is 6.07 Å². The molecule has 2 rings (SSSR count). The molecule has 4 N–H and O–H groups in total. The zero-order valence-electron chi connectivity index (χ0n) is 12.3. The van der Waals surface area contributed by atoms with Gasteiger partial charge in [0.05, 0.1) is 12.8 Å². The van der Waals surface area contributed by atoms with Crippen LogP contribution < -0.4 is 10.6 Å². The number of aromatic hydroxyl groups is 2. The van der Waals surface area contributed by atoms with Gasteiger partial charge < -0.3 is 24.7 Å². The molecule has 0 radical (unpaired) electrons. The summed E-state index contributed by atoms with van der Waals surface area (Å²) in [6.45, 7) is -0.624. The van der Waals surface area contributed by atoms with Gasteiger partial charge in [-0.15, -0.1) is 0 Å². The average molecular weight is 334 g/mol. The minimum atomic E-state index is -0.973. The highest BCUT2D eigenvalue weighted by atomic mass is 16.5. The summed E-state index contributed by atoms with van der Waals surface area (Å²) < 4.78 is 9.67. The summed E-state index contributed by atoms with van der Waals surface area (Å²) >= 11 is 0. The molecule has 0 aliphatic carbocycles. The van der Waals surface area contributed by atoms with Crippen molar-refractivity contribution < 1.29 is 33.8 Å². The number of phenolic OH excluding ortho intramolecular Hbond substituents is 2. The summed E-state index contributed by atoms with van der Waals surface area (Å²) in [6, 6.07) is 5.80. The topological polar surface area (TPSA) is 138 Å². The molecule has 0 fully saturated rings. The van der Waals surface area contributed by atoms with Crippen molar-refractivity contribution in [2.75, 3.05) is 6.61 Å². The molecular weight excluding hydrogens is 320 g/mol. The van der Waals surface area contributed by atoms with Crippen molar-refractivity contribution in [3.05, 3.63) is 47.9 Å². The Labute approximate surface area is 135 Å². The molecule has 126 valence electrons. The normalized spacial score (nSPS) is 10.0. The van der Waals surface area contributed by atoms with E-state index in [1.165, 1.54) is 12.3 Å². The lowest BCUT2D eigenvalue weighted by Crippen LogP contribution is -2.41. The molecule has 9 nitrogen and oxygen atoms in total. The summed E-state index contributed by atoms with van der Waals surface area (Å²) in [5.74, 6) is -2.03. The van der Waals surface area contributed by atoms with Gasteiger partial charge in [-0.2, -0.15) is 0 Å². The molecule has 1 heterocycles. The number of amides is 3. The zero-order valence-corrected chi connectivity index (χ0v) is 12.3. The minimum Gasteiger partial charge on any atom is -0.508 e. The summed E-state index contributed by atoms with van der Waals surface area (Å²) in [4.78, 5) is 34.7. The third kappa shape index (κ3) is 4.77. The molecule has 24 heavy (non-hydrogen) atoms. The minimum absolute atomic E-state index is 0.0906. The lowest BCUT2D eigenvalue weighted by atomic mass is 10.2. The van der Waals surface area contributed by atoms with Crippen LogP contribution in [0.2, 0.25) is 0 Å². The number of hydrogen-bond donors (Lipinski definition) is 4. The van der Waals surface area contributed by atoms with Crippen LogP contribution in [0.15, 0.2) is 41.0 Å². The largest absolute Gasteiger partial charge is 0.508 e. The first-order valence-corrected chi connectivity index (χ1v) is 6.75. The Morgan fingerprint density at radius 2 is 1.96 bits per heavy atom. The van der Waals surface area contributed by atoms with Gasteiger partial charge in [-0.1, -0.05) is 0 Å². The van der Waals surface area contributed by atoms with E-state index in [-0.39, 0.29) is 17.9 Å². The van der Waals surface area contributed by atoms with Crippen molar-refractivity contribution in [1.82, 2.24) is 10.6 Å². The van der Waals surface area contributed by atoms with Crippen LogP contribution in [0.5, 0.6) is 11.5 Å². The number of hydrogen-bond acceptors (Lipinski definition) is 7. The number of ether oxygens (including phenoxy) is 1. The standard InChI is InChI=1S/C15H14N2O7/c18-9-3-4-11(12(19)6-9)14(21)24-8-13(20)17-15(22)16-7-10-2-1-5-23-10/h1-6,18-19H,7-8H2,(H2,16,17,20,22). The summed E-state index contributed by atoms with van der Waals surface area (Å²) in [5, 5.41) is 23.0. The SMILES string of the molecule is O=C(COC(=O)c1ccc(O)cc1O)NC(=O)NCc1ccco1. The predicted molar refractivity (Wildman–Crippen MR) is 79.1 cm³/mol. The molecule has 1 aromatic carbocycles. The second-order valence-corrected chi connectivity index (χ2v) is 4.59. The van der Waals surface area contributed by atoms with E-state index in [1.807, 2.05) is 5.32 Å². The Kier molecular flexibility index (Phi) is 5.40. The van der Waals surface area contributed by atoms with Crippen molar-refractivity contribution in [3.63, 3.8) is 0 Å². The summed E-state index contributed by atoms with van der Waals surface area (Å²) in [6.07, 6.45) is 1.44. The van der Waals surface area contributed by atoms with E-state index in [0.717, 1.165) is 12.1 Å². The number of nitrogens with one attached hydrogen (secondary N) is 2. The third-order valence-electron chi connectivity index (χ3n) is 2.79. The van der Waals surface area contributed by atoms with E-state index in [2.05, 4.69) is 10.1 Å². The first-order valence-electron chi connectivity index (χ1n) is 6.75. The Balaban J connectivity index is 1.75. The zero-order chi connectivity index (χ0) is 17.5. The van der Waals surface area contributed by atoms with Crippen LogP contribution in [-0.2, 0) is 16.1 Å². The number of benzene rings is 1. The van der Waals surface area contributed by atoms with E-state index in [1.54, 1.807) is 12.1 Å². The summed E-state index contributed by atoms with van der Waals surface area (Å²) in [5.41, 5.74) is -0.220. The summed E-state index contributed by atoms with van der Waals surface area (Å²) in [7, 11) is 0. The van der Waals surface area contributed by atoms with Gasteiger partial charge in [-0.05, 0) is 24.3 Å². The molecule has 0 aliphatic heterocycles. The van der Waals surface area contributed by atoms with Crippen LogP contribution in [0, 0.1) is 0 Å². The maximum Gasteiger partial charge on any atom is 0.342 e. The van der Waals surface area contributed by atoms with Crippen molar-refractivity contribution >= 4 is 17.9 Å². The number of esters is 1. The smallest absolute Gasteiger partial charge is 0.342 e. The van der Waals surface area contributed by atoms with E-state index < -0.39 is 30.3 Å². The molecule has 9 heteroatoms. The van der Waals surface area contributed by atoms with E-state index >= 15 is 0 Å².